The topological polar surface area (TPSA) is 87.1 Å². The molecule has 0 spiro atoms. The molecule has 0 saturated heterocycles. The van der Waals surface area contributed by atoms with Crippen LogP contribution in [0.4, 0.5) is 0 Å². The van der Waals surface area contributed by atoms with Crippen LogP contribution in [-0.4, -0.2) is 35.9 Å². The number of hydrogen-bond acceptors (Lipinski definition) is 7. The fourth-order valence-corrected chi connectivity index (χ4v) is 4.08. The third-order valence-electron chi connectivity index (χ3n) is 5.90. The maximum absolute atomic E-state index is 11.8. The van der Waals surface area contributed by atoms with Gasteiger partial charge in [-0.25, -0.2) is 9.78 Å². The second kappa shape index (κ2) is 10.0. The van der Waals surface area contributed by atoms with E-state index in [1.807, 2.05) is 42.5 Å². The zero-order chi connectivity index (χ0) is 24.2. The van der Waals surface area contributed by atoms with Crippen LogP contribution < -0.4 is 14.2 Å². The number of carbonyl (C=O) groups excluding carboxylic acids is 1. The Morgan fingerprint density at radius 3 is 2.80 bits per heavy atom. The van der Waals surface area contributed by atoms with Crippen LogP contribution in [0.15, 0.2) is 78.9 Å². The van der Waals surface area contributed by atoms with Crippen molar-refractivity contribution in [1.29, 1.82) is 0 Å². The number of nitrogens with zero attached hydrogens (tertiary/aromatic N) is 1. The van der Waals surface area contributed by atoms with E-state index in [1.165, 1.54) is 7.11 Å². The molecule has 1 aliphatic rings. The van der Waals surface area contributed by atoms with Gasteiger partial charge in [0, 0.05) is 17.4 Å². The highest BCUT2D eigenvalue weighted by Gasteiger charge is 2.29. The largest absolute Gasteiger partial charge is 0.493 e. The Labute approximate surface area is 202 Å². The second-order valence-electron chi connectivity index (χ2n) is 8.24. The number of esters is 1. The van der Waals surface area contributed by atoms with Crippen molar-refractivity contribution >= 4 is 16.9 Å². The standard InChI is InChI=1S/C28H25NO6/c1-32-28(31)19-6-4-7-22(15-19)35-26-13-14-33-25-12-11-21(16-23(25)27(26)30)34-17-20-10-9-18-5-2-3-8-24(18)29-20/h2-12,15-16,26-27,30H,13-14,17H2,1H3/t26-,27+/m0/s1. The number of para-hydroxylation sites is 1. The molecule has 7 heteroatoms. The monoisotopic (exact) mass is 471 g/mol. The quantitative estimate of drug-likeness (QED) is 0.402. The molecule has 2 heterocycles. The van der Waals surface area contributed by atoms with Gasteiger partial charge in [0.1, 0.15) is 36.1 Å². The van der Waals surface area contributed by atoms with Crippen molar-refractivity contribution in [3.63, 3.8) is 0 Å². The summed E-state index contributed by atoms with van der Waals surface area (Å²) in [5.74, 6) is 1.20. The number of fused-ring (bicyclic) bond motifs is 2. The normalized spacial score (nSPS) is 17.1. The van der Waals surface area contributed by atoms with Gasteiger partial charge in [-0.3, -0.25) is 0 Å². The number of aliphatic hydroxyl groups excluding tert-OH is 1. The van der Waals surface area contributed by atoms with Crippen molar-refractivity contribution in [3.8, 4) is 17.2 Å². The average Bonchev–Trinajstić information content (AvgIpc) is 3.05. The Morgan fingerprint density at radius 2 is 1.91 bits per heavy atom. The number of aliphatic hydroxyl groups is 1. The molecule has 0 saturated carbocycles. The molecule has 3 aromatic carbocycles. The summed E-state index contributed by atoms with van der Waals surface area (Å²) in [6.07, 6.45) is -1.05. The van der Waals surface area contributed by atoms with Crippen LogP contribution in [0.25, 0.3) is 10.9 Å². The second-order valence-corrected chi connectivity index (χ2v) is 8.24. The van der Waals surface area contributed by atoms with Crippen molar-refractivity contribution in [2.75, 3.05) is 13.7 Å². The minimum absolute atomic E-state index is 0.292. The molecule has 178 valence electrons. The summed E-state index contributed by atoms with van der Waals surface area (Å²) >= 11 is 0. The van der Waals surface area contributed by atoms with E-state index < -0.39 is 18.2 Å². The van der Waals surface area contributed by atoms with Crippen LogP contribution in [0.1, 0.15) is 34.1 Å². The fraction of sp³-hybridized carbons (Fsp3) is 0.214. The van der Waals surface area contributed by atoms with E-state index in [-0.39, 0.29) is 0 Å². The highest BCUT2D eigenvalue weighted by molar-refractivity contribution is 5.89. The molecule has 0 bridgehead atoms. The SMILES string of the molecule is COC(=O)c1cccc(O[C@H]2CCOc3ccc(OCc4ccc5ccccc5n4)cc3[C@H]2O)c1. The predicted octanol–water partition coefficient (Wildman–Crippen LogP) is 4.86. The summed E-state index contributed by atoms with van der Waals surface area (Å²) in [4.78, 5) is 16.5. The zero-order valence-electron chi connectivity index (χ0n) is 19.2. The molecule has 0 fully saturated rings. The van der Waals surface area contributed by atoms with Gasteiger partial charge in [0.25, 0.3) is 0 Å². The Morgan fingerprint density at radius 1 is 1.03 bits per heavy atom. The van der Waals surface area contributed by atoms with Crippen molar-refractivity contribution in [3.05, 3.63) is 95.7 Å². The van der Waals surface area contributed by atoms with Gasteiger partial charge >= 0.3 is 5.97 Å². The molecule has 1 aromatic heterocycles. The molecule has 0 aliphatic carbocycles. The molecule has 35 heavy (non-hydrogen) atoms. The maximum Gasteiger partial charge on any atom is 0.337 e. The molecule has 4 aromatic rings. The number of hydrogen-bond donors (Lipinski definition) is 1. The lowest BCUT2D eigenvalue weighted by Crippen LogP contribution is -2.25. The highest BCUT2D eigenvalue weighted by atomic mass is 16.5. The Hall–Kier alpha value is -4.10. The van der Waals surface area contributed by atoms with Gasteiger partial charge in [-0.05, 0) is 48.5 Å². The molecule has 5 rings (SSSR count). The predicted molar refractivity (Wildman–Crippen MR) is 130 cm³/mol. The van der Waals surface area contributed by atoms with E-state index in [2.05, 4.69) is 4.98 Å². The van der Waals surface area contributed by atoms with Gasteiger partial charge in [0.15, 0.2) is 0 Å². The van der Waals surface area contributed by atoms with Crippen molar-refractivity contribution < 1.29 is 28.8 Å². The van der Waals surface area contributed by atoms with Crippen LogP contribution >= 0.6 is 0 Å². The summed E-state index contributed by atoms with van der Waals surface area (Å²) in [7, 11) is 1.33. The van der Waals surface area contributed by atoms with Crippen molar-refractivity contribution in [2.45, 2.75) is 25.2 Å². The lowest BCUT2D eigenvalue weighted by atomic mass is 10.0. The first kappa shape index (κ1) is 22.7. The van der Waals surface area contributed by atoms with Crippen LogP contribution in [0.2, 0.25) is 0 Å². The summed E-state index contributed by atoms with van der Waals surface area (Å²) in [5, 5.41) is 12.2. The van der Waals surface area contributed by atoms with Crippen LogP contribution in [-0.2, 0) is 11.3 Å². The Balaban J connectivity index is 1.32. The first-order valence-corrected chi connectivity index (χ1v) is 11.4. The minimum Gasteiger partial charge on any atom is -0.493 e. The van der Waals surface area contributed by atoms with Gasteiger partial charge in [-0.1, -0.05) is 30.3 Å². The van der Waals surface area contributed by atoms with E-state index >= 15 is 0 Å². The van der Waals surface area contributed by atoms with Crippen molar-refractivity contribution in [2.24, 2.45) is 0 Å². The summed E-state index contributed by atoms with van der Waals surface area (Å²) in [5.41, 5.74) is 2.68. The summed E-state index contributed by atoms with van der Waals surface area (Å²) in [6.45, 7) is 0.674. The van der Waals surface area contributed by atoms with Crippen LogP contribution in [0.5, 0.6) is 17.2 Å². The van der Waals surface area contributed by atoms with E-state index in [9.17, 15) is 9.90 Å². The smallest absolute Gasteiger partial charge is 0.337 e. The number of benzene rings is 3. The number of pyridine rings is 1. The number of methoxy groups -OCH3 is 1. The van der Waals surface area contributed by atoms with Gasteiger partial charge in [-0.15, -0.1) is 0 Å². The Kier molecular flexibility index (Phi) is 6.50. The average molecular weight is 472 g/mol. The molecular weight excluding hydrogens is 446 g/mol. The van der Waals surface area contributed by atoms with E-state index in [4.69, 9.17) is 18.9 Å². The van der Waals surface area contributed by atoms with Crippen LogP contribution in [0, 0.1) is 0 Å². The summed E-state index contributed by atoms with van der Waals surface area (Å²) in [6, 6.07) is 24.0. The highest BCUT2D eigenvalue weighted by Crippen LogP contribution is 2.36. The van der Waals surface area contributed by atoms with Crippen LogP contribution in [0.3, 0.4) is 0 Å². The maximum atomic E-state index is 11.8. The fourth-order valence-electron chi connectivity index (χ4n) is 4.08. The lowest BCUT2D eigenvalue weighted by Gasteiger charge is -2.22. The lowest BCUT2D eigenvalue weighted by molar-refractivity contribution is 0.0310. The molecule has 2 atom stereocenters. The zero-order valence-corrected chi connectivity index (χ0v) is 19.2. The van der Waals surface area contributed by atoms with Gasteiger partial charge in [0.05, 0.1) is 30.5 Å². The molecule has 0 amide bonds. The minimum atomic E-state index is -0.948. The first-order chi connectivity index (χ1) is 17.1. The number of carbonyl (C=O) groups is 1. The number of rotatable bonds is 6. The molecule has 1 aliphatic heterocycles. The Bertz CT molecular complexity index is 1350. The molecule has 7 nitrogen and oxygen atoms in total. The van der Waals surface area contributed by atoms with Crippen molar-refractivity contribution in [1.82, 2.24) is 4.98 Å². The third kappa shape index (κ3) is 5.05. The third-order valence-corrected chi connectivity index (χ3v) is 5.90. The number of aromatic nitrogens is 1. The molecule has 1 N–H and O–H groups in total. The molecular formula is C28H25NO6. The summed E-state index contributed by atoms with van der Waals surface area (Å²) < 4.78 is 22.7. The van der Waals surface area contributed by atoms with E-state index in [0.29, 0.717) is 48.0 Å². The molecule has 0 unspecified atom stereocenters. The van der Waals surface area contributed by atoms with Gasteiger partial charge in [0.2, 0.25) is 0 Å². The van der Waals surface area contributed by atoms with Gasteiger partial charge < -0.3 is 24.1 Å². The molecule has 0 radical (unpaired) electrons. The van der Waals surface area contributed by atoms with Gasteiger partial charge in [-0.2, -0.15) is 0 Å². The van der Waals surface area contributed by atoms with E-state index in [1.54, 1.807) is 36.4 Å². The first-order valence-electron chi connectivity index (χ1n) is 11.4. The number of ether oxygens (including phenoxy) is 4. The van der Waals surface area contributed by atoms with E-state index in [0.717, 1.165) is 16.6 Å².